The van der Waals surface area contributed by atoms with Gasteiger partial charge in [0.05, 0.1) is 12.2 Å². The van der Waals surface area contributed by atoms with E-state index in [1.807, 2.05) is 0 Å². The van der Waals surface area contributed by atoms with E-state index in [1.165, 1.54) is 45.2 Å². The number of fused-ring (bicyclic) bond motifs is 1. The lowest BCUT2D eigenvalue weighted by Gasteiger charge is -2.29. The van der Waals surface area contributed by atoms with Gasteiger partial charge in [0, 0.05) is 25.7 Å². The van der Waals surface area contributed by atoms with E-state index in [-0.39, 0.29) is 0 Å². The van der Waals surface area contributed by atoms with Gasteiger partial charge in [-0.1, -0.05) is 6.42 Å². The standard InChI is InChI=1S/C14H26N2O/c1-10-5-6-12(17-10)8-16-7-11-3-2-4-14(15)13(11)9-16/h10-14H,2-9,15H2,1H3. The second-order valence-electron chi connectivity index (χ2n) is 6.38. The summed E-state index contributed by atoms with van der Waals surface area (Å²) in [4.78, 5) is 2.61. The zero-order chi connectivity index (χ0) is 11.8. The fraction of sp³-hybridized carbons (Fsp3) is 1.00. The normalized spacial score (nSPS) is 47.3. The summed E-state index contributed by atoms with van der Waals surface area (Å²) in [5, 5.41) is 0. The molecule has 5 unspecified atom stereocenters. The number of likely N-dealkylation sites (tertiary alicyclic amines) is 1. The largest absolute Gasteiger partial charge is 0.374 e. The van der Waals surface area contributed by atoms with Gasteiger partial charge < -0.3 is 15.4 Å². The van der Waals surface area contributed by atoms with E-state index in [4.69, 9.17) is 10.5 Å². The van der Waals surface area contributed by atoms with Crippen LogP contribution in [0.25, 0.3) is 0 Å². The average molecular weight is 238 g/mol. The first kappa shape index (κ1) is 11.9. The molecule has 98 valence electrons. The van der Waals surface area contributed by atoms with Crippen LogP contribution in [0.15, 0.2) is 0 Å². The van der Waals surface area contributed by atoms with Gasteiger partial charge in [-0.25, -0.2) is 0 Å². The number of ether oxygens (including phenoxy) is 1. The number of nitrogens with two attached hydrogens (primary N) is 1. The molecule has 2 aliphatic heterocycles. The van der Waals surface area contributed by atoms with Gasteiger partial charge in [-0.15, -0.1) is 0 Å². The predicted molar refractivity (Wildman–Crippen MR) is 68.8 cm³/mol. The first-order valence-corrected chi connectivity index (χ1v) is 7.36. The Morgan fingerprint density at radius 2 is 2.06 bits per heavy atom. The highest BCUT2D eigenvalue weighted by Crippen LogP contribution is 2.36. The highest BCUT2D eigenvalue weighted by atomic mass is 16.5. The molecule has 3 fully saturated rings. The van der Waals surface area contributed by atoms with E-state index >= 15 is 0 Å². The van der Waals surface area contributed by atoms with E-state index in [1.54, 1.807) is 0 Å². The maximum Gasteiger partial charge on any atom is 0.0706 e. The summed E-state index contributed by atoms with van der Waals surface area (Å²) in [5.74, 6) is 1.64. The molecule has 17 heavy (non-hydrogen) atoms. The van der Waals surface area contributed by atoms with E-state index in [9.17, 15) is 0 Å². The lowest BCUT2D eigenvalue weighted by Crippen LogP contribution is -2.38. The maximum atomic E-state index is 6.25. The van der Waals surface area contributed by atoms with Gasteiger partial charge in [0.1, 0.15) is 0 Å². The Morgan fingerprint density at radius 1 is 1.18 bits per heavy atom. The molecule has 0 spiro atoms. The van der Waals surface area contributed by atoms with E-state index in [2.05, 4.69) is 11.8 Å². The van der Waals surface area contributed by atoms with Gasteiger partial charge in [-0.05, 0) is 44.4 Å². The van der Waals surface area contributed by atoms with Gasteiger partial charge in [-0.2, -0.15) is 0 Å². The third-order valence-electron chi connectivity index (χ3n) is 5.01. The average Bonchev–Trinajstić information content (AvgIpc) is 2.86. The summed E-state index contributed by atoms with van der Waals surface area (Å²) >= 11 is 0. The van der Waals surface area contributed by atoms with Crippen molar-refractivity contribution in [2.75, 3.05) is 19.6 Å². The Kier molecular flexibility index (Phi) is 3.42. The minimum Gasteiger partial charge on any atom is -0.374 e. The van der Waals surface area contributed by atoms with Crippen LogP contribution in [0.4, 0.5) is 0 Å². The molecule has 1 aliphatic carbocycles. The van der Waals surface area contributed by atoms with Crippen LogP contribution < -0.4 is 5.73 Å². The summed E-state index contributed by atoms with van der Waals surface area (Å²) in [6, 6.07) is 0.460. The number of rotatable bonds is 2. The monoisotopic (exact) mass is 238 g/mol. The van der Waals surface area contributed by atoms with Crippen LogP contribution in [0.5, 0.6) is 0 Å². The summed E-state index contributed by atoms with van der Waals surface area (Å²) in [7, 11) is 0. The van der Waals surface area contributed by atoms with Crippen LogP contribution in [0, 0.1) is 11.8 Å². The maximum absolute atomic E-state index is 6.25. The highest BCUT2D eigenvalue weighted by Gasteiger charge is 2.39. The minimum absolute atomic E-state index is 0.460. The van der Waals surface area contributed by atoms with Crippen molar-refractivity contribution in [3.05, 3.63) is 0 Å². The summed E-state index contributed by atoms with van der Waals surface area (Å²) in [6.07, 6.45) is 7.44. The summed E-state index contributed by atoms with van der Waals surface area (Å²) in [6.45, 7) is 5.83. The highest BCUT2D eigenvalue weighted by molar-refractivity contribution is 4.94. The van der Waals surface area contributed by atoms with Gasteiger partial charge in [-0.3, -0.25) is 0 Å². The van der Waals surface area contributed by atoms with Crippen molar-refractivity contribution in [1.82, 2.24) is 4.90 Å². The Morgan fingerprint density at radius 3 is 2.76 bits per heavy atom. The van der Waals surface area contributed by atoms with Crippen molar-refractivity contribution in [3.8, 4) is 0 Å². The number of hydrogen-bond acceptors (Lipinski definition) is 3. The molecule has 0 bridgehead atoms. The summed E-state index contributed by atoms with van der Waals surface area (Å²) in [5.41, 5.74) is 6.25. The van der Waals surface area contributed by atoms with Crippen molar-refractivity contribution in [2.45, 2.75) is 57.3 Å². The SMILES string of the molecule is CC1CCC(CN2CC3CCCC(N)C3C2)O1. The third-order valence-corrected chi connectivity index (χ3v) is 5.01. The van der Waals surface area contributed by atoms with Crippen LogP contribution in [0.3, 0.4) is 0 Å². The molecule has 5 atom stereocenters. The second kappa shape index (κ2) is 4.87. The van der Waals surface area contributed by atoms with Crippen LogP contribution in [0.2, 0.25) is 0 Å². The molecule has 0 aromatic heterocycles. The zero-order valence-corrected chi connectivity index (χ0v) is 11.0. The van der Waals surface area contributed by atoms with Crippen LogP contribution >= 0.6 is 0 Å². The lowest BCUT2D eigenvalue weighted by molar-refractivity contribution is 0.0349. The van der Waals surface area contributed by atoms with E-state index < -0.39 is 0 Å². The topological polar surface area (TPSA) is 38.5 Å². The molecule has 0 aromatic rings. The Hall–Kier alpha value is -0.120. The molecule has 2 heterocycles. The first-order valence-electron chi connectivity index (χ1n) is 7.36. The Bertz CT molecular complexity index is 271. The molecule has 3 rings (SSSR count). The van der Waals surface area contributed by atoms with Crippen molar-refractivity contribution in [1.29, 1.82) is 0 Å². The van der Waals surface area contributed by atoms with Crippen molar-refractivity contribution < 1.29 is 4.74 Å². The Balaban J connectivity index is 1.53. The van der Waals surface area contributed by atoms with Crippen molar-refractivity contribution in [2.24, 2.45) is 17.6 Å². The third kappa shape index (κ3) is 2.51. The van der Waals surface area contributed by atoms with E-state index in [0.29, 0.717) is 18.2 Å². The quantitative estimate of drug-likeness (QED) is 0.794. The van der Waals surface area contributed by atoms with Crippen molar-refractivity contribution >= 4 is 0 Å². The molecule has 1 saturated carbocycles. The minimum atomic E-state index is 0.460. The molecule has 3 heteroatoms. The molecule has 0 radical (unpaired) electrons. The van der Waals surface area contributed by atoms with Crippen LogP contribution in [-0.4, -0.2) is 42.8 Å². The molecule has 2 N–H and O–H groups in total. The first-order chi connectivity index (χ1) is 8.22. The number of nitrogens with zero attached hydrogens (tertiary/aromatic N) is 1. The van der Waals surface area contributed by atoms with Gasteiger partial charge in [0.15, 0.2) is 0 Å². The molecular weight excluding hydrogens is 212 g/mol. The number of hydrogen-bond donors (Lipinski definition) is 1. The summed E-state index contributed by atoms with van der Waals surface area (Å²) < 4.78 is 5.93. The molecule has 0 amide bonds. The molecule has 3 aliphatic rings. The molecule has 2 saturated heterocycles. The van der Waals surface area contributed by atoms with Gasteiger partial charge >= 0.3 is 0 Å². The molecular formula is C14H26N2O. The molecule has 3 nitrogen and oxygen atoms in total. The second-order valence-corrected chi connectivity index (χ2v) is 6.38. The fourth-order valence-electron chi connectivity index (χ4n) is 4.07. The van der Waals surface area contributed by atoms with Crippen LogP contribution in [-0.2, 0) is 4.74 Å². The Labute approximate surface area is 105 Å². The van der Waals surface area contributed by atoms with Crippen molar-refractivity contribution in [3.63, 3.8) is 0 Å². The predicted octanol–water partition coefficient (Wildman–Crippen LogP) is 1.61. The van der Waals surface area contributed by atoms with Crippen LogP contribution in [0.1, 0.15) is 39.0 Å². The smallest absolute Gasteiger partial charge is 0.0706 e. The van der Waals surface area contributed by atoms with Gasteiger partial charge in [0.2, 0.25) is 0 Å². The van der Waals surface area contributed by atoms with E-state index in [0.717, 1.165) is 18.4 Å². The molecule has 0 aromatic carbocycles. The fourth-order valence-corrected chi connectivity index (χ4v) is 4.07. The lowest BCUT2D eigenvalue weighted by atomic mass is 9.78. The zero-order valence-electron chi connectivity index (χ0n) is 11.0. The van der Waals surface area contributed by atoms with Gasteiger partial charge in [0.25, 0.3) is 0 Å².